The predicted molar refractivity (Wildman–Crippen MR) is 93.3 cm³/mol. The van der Waals surface area contributed by atoms with Crippen LogP contribution in [0.25, 0.3) is 5.69 Å². The number of ether oxygens (including phenoxy) is 1. The number of hydrogen-bond donors (Lipinski definition) is 0. The fourth-order valence-corrected chi connectivity index (χ4v) is 5.62. The maximum absolute atomic E-state index is 12.3. The zero-order chi connectivity index (χ0) is 17.4. The molecule has 0 saturated carbocycles. The molecule has 2 aromatic rings. The molecule has 4 rings (SSSR count). The van der Waals surface area contributed by atoms with Gasteiger partial charge in [0.1, 0.15) is 5.25 Å². The molecule has 2 saturated heterocycles. The van der Waals surface area contributed by atoms with Gasteiger partial charge in [0.15, 0.2) is 9.84 Å². The first-order chi connectivity index (χ1) is 12.0. The van der Waals surface area contributed by atoms with Gasteiger partial charge in [-0.1, -0.05) is 23.4 Å². The second-order valence-corrected chi connectivity index (χ2v) is 9.09. The van der Waals surface area contributed by atoms with Gasteiger partial charge in [-0.15, -0.1) is 5.10 Å². The number of hydrogen-bond acceptors (Lipinski definition) is 6. The van der Waals surface area contributed by atoms with Gasteiger partial charge in [-0.2, -0.15) is 0 Å². The molecule has 2 atom stereocenters. The topological polar surface area (TPSA) is 77.3 Å². The lowest BCUT2D eigenvalue weighted by Gasteiger charge is -2.42. The molecule has 3 heterocycles. The number of fused-ring (bicyclic) bond motifs is 1. The standard InChI is InChI=1S/C17H22N4O3S/c1-13-4-2-3-5-15(13)21-11-14(18-19-21)10-20-7-9-25(22,23)17-12-24-8-6-16(17)20/h2-5,11,16-17H,6-10,12H2,1H3. The van der Waals surface area contributed by atoms with E-state index in [4.69, 9.17) is 4.74 Å². The van der Waals surface area contributed by atoms with Crippen LogP contribution in [-0.4, -0.2) is 65.1 Å². The first kappa shape index (κ1) is 16.7. The maximum atomic E-state index is 12.3. The second-order valence-electron chi connectivity index (χ2n) is 6.75. The molecule has 2 aliphatic rings. The van der Waals surface area contributed by atoms with Crippen LogP contribution in [0.2, 0.25) is 0 Å². The van der Waals surface area contributed by atoms with Gasteiger partial charge in [-0.05, 0) is 25.0 Å². The maximum Gasteiger partial charge on any atom is 0.158 e. The molecule has 7 nitrogen and oxygen atoms in total. The summed E-state index contributed by atoms with van der Waals surface area (Å²) in [5, 5.41) is 8.12. The molecular weight excluding hydrogens is 340 g/mol. The second kappa shape index (κ2) is 6.51. The lowest BCUT2D eigenvalue weighted by atomic mass is 10.1. The van der Waals surface area contributed by atoms with Crippen LogP contribution >= 0.6 is 0 Å². The normalized spacial score (nSPS) is 26.3. The summed E-state index contributed by atoms with van der Waals surface area (Å²) in [6, 6.07) is 8.03. The third-order valence-electron chi connectivity index (χ3n) is 5.13. The van der Waals surface area contributed by atoms with Crippen molar-refractivity contribution in [2.45, 2.75) is 31.2 Å². The van der Waals surface area contributed by atoms with Crippen LogP contribution in [0.3, 0.4) is 0 Å². The Morgan fingerprint density at radius 1 is 1.32 bits per heavy atom. The SMILES string of the molecule is Cc1ccccc1-n1cc(CN2CCS(=O)(=O)C3COCCC32)nn1. The third kappa shape index (κ3) is 3.21. The highest BCUT2D eigenvalue weighted by molar-refractivity contribution is 7.92. The minimum absolute atomic E-state index is 0.0103. The molecule has 2 fully saturated rings. The van der Waals surface area contributed by atoms with Crippen molar-refractivity contribution < 1.29 is 13.2 Å². The van der Waals surface area contributed by atoms with E-state index >= 15 is 0 Å². The van der Waals surface area contributed by atoms with E-state index < -0.39 is 15.1 Å². The van der Waals surface area contributed by atoms with Gasteiger partial charge in [0.25, 0.3) is 0 Å². The first-order valence-electron chi connectivity index (χ1n) is 8.55. The Hall–Kier alpha value is -1.77. The Morgan fingerprint density at radius 3 is 3.00 bits per heavy atom. The zero-order valence-corrected chi connectivity index (χ0v) is 15.0. The van der Waals surface area contributed by atoms with Crippen LogP contribution in [-0.2, 0) is 21.1 Å². The largest absolute Gasteiger partial charge is 0.380 e. The van der Waals surface area contributed by atoms with E-state index in [-0.39, 0.29) is 11.8 Å². The van der Waals surface area contributed by atoms with Crippen molar-refractivity contribution in [2.24, 2.45) is 0 Å². The lowest BCUT2D eigenvalue weighted by molar-refractivity contribution is 0.0309. The molecule has 0 spiro atoms. The smallest absolute Gasteiger partial charge is 0.158 e. The van der Waals surface area contributed by atoms with E-state index in [9.17, 15) is 8.42 Å². The molecule has 0 bridgehead atoms. The monoisotopic (exact) mass is 362 g/mol. The molecule has 2 aliphatic heterocycles. The minimum Gasteiger partial charge on any atom is -0.380 e. The molecule has 0 amide bonds. The van der Waals surface area contributed by atoms with Gasteiger partial charge in [0.2, 0.25) is 0 Å². The summed E-state index contributed by atoms with van der Waals surface area (Å²) in [6.07, 6.45) is 2.68. The van der Waals surface area contributed by atoms with Crippen molar-refractivity contribution >= 4 is 9.84 Å². The van der Waals surface area contributed by atoms with Gasteiger partial charge in [-0.3, -0.25) is 4.90 Å². The summed E-state index contributed by atoms with van der Waals surface area (Å²) >= 11 is 0. The summed E-state index contributed by atoms with van der Waals surface area (Å²) in [4.78, 5) is 2.22. The van der Waals surface area contributed by atoms with Gasteiger partial charge in [-0.25, -0.2) is 13.1 Å². The van der Waals surface area contributed by atoms with E-state index in [1.54, 1.807) is 4.68 Å². The average molecular weight is 362 g/mol. The summed E-state index contributed by atoms with van der Waals surface area (Å²) in [5.74, 6) is 0.184. The first-order valence-corrected chi connectivity index (χ1v) is 10.3. The Balaban J connectivity index is 1.54. The summed E-state index contributed by atoms with van der Waals surface area (Å²) in [7, 11) is -3.06. The number of nitrogens with zero attached hydrogens (tertiary/aromatic N) is 4. The summed E-state index contributed by atoms with van der Waals surface area (Å²) in [6.45, 7) is 4.12. The lowest BCUT2D eigenvalue weighted by Crippen LogP contribution is -2.58. The Bertz CT molecular complexity index is 864. The van der Waals surface area contributed by atoms with E-state index in [1.165, 1.54) is 0 Å². The van der Waals surface area contributed by atoms with E-state index in [0.29, 0.717) is 26.3 Å². The number of benzene rings is 1. The molecular formula is C17H22N4O3S. The quantitative estimate of drug-likeness (QED) is 0.810. The molecule has 1 aromatic carbocycles. The van der Waals surface area contributed by atoms with Gasteiger partial charge in [0, 0.05) is 25.7 Å². The minimum atomic E-state index is -3.06. The molecule has 1 aromatic heterocycles. The van der Waals surface area contributed by atoms with Crippen molar-refractivity contribution in [1.29, 1.82) is 0 Å². The van der Waals surface area contributed by atoms with E-state index in [2.05, 4.69) is 15.2 Å². The molecule has 0 N–H and O–H groups in total. The average Bonchev–Trinajstić information content (AvgIpc) is 3.07. The highest BCUT2D eigenvalue weighted by Crippen LogP contribution is 2.27. The van der Waals surface area contributed by atoms with Crippen molar-refractivity contribution in [3.8, 4) is 5.69 Å². The highest BCUT2D eigenvalue weighted by atomic mass is 32.2. The summed E-state index contributed by atoms with van der Waals surface area (Å²) in [5.41, 5.74) is 2.99. The molecule has 25 heavy (non-hydrogen) atoms. The number of aromatic nitrogens is 3. The van der Waals surface area contributed by atoms with Crippen LogP contribution in [0.4, 0.5) is 0 Å². The van der Waals surface area contributed by atoms with E-state index in [1.807, 2.05) is 37.4 Å². The van der Waals surface area contributed by atoms with Gasteiger partial charge in [0.05, 0.1) is 29.9 Å². The van der Waals surface area contributed by atoms with Crippen LogP contribution in [0.5, 0.6) is 0 Å². The predicted octanol–water partition coefficient (Wildman–Crippen LogP) is 0.964. The Labute approximate surface area is 147 Å². The molecule has 8 heteroatoms. The van der Waals surface area contributed by atoms with Crippen LogP contribution in [0.1, 0.15) is 17.7 Å². The van der Waals surface area contributed by atoms with Crippen LogP contribution in [0.15, 0.2) is 30.5 Å². The zero-order valence-electron chi connectivity index (χ0n) is 14.2. The number of para-hydroxylation sites is 1. The van der Waals surface area contributed by atoms with Crippen molar-refractivity contribution in [3.63, 3.8) is 0 Å². The fourth-order valence-electron chi connectivity index (χ4n) is 3.74. The third-order valence-corrected chi connectivity index (χ3v) is 7.26. The number of sulfone groups is 1. The van der Waals surface area contributed by atoms with Crippen molar-refractivity contribution in [1.82, 2.24) is 19.9 Å². The fraction of sp³-hybridized carbons (Fsp3) is 0.529. The van der Waals surface area contributed by atoms with Gasteiger partial charge < -0.3 is 4.74 Å². The Morgan fingerprint density at radius 2 is 2.16 bits per heavy atom. The van der Waals surface area contributed by atoms with E-state index in [0.717, 1.165) is 23.4 Å². The summed E-state index contributed by atoms with van der Waals surface area (Å²) < 4.78 is 31.8. The number of aryl methyl sites for hydroxylation is 1. The van der Waals surface area contributed by atoms with Crippen LogP contribution in [0, 0.1) is 6.92 Å². The molecule has 0 aliphatic carbocycles. The number of rotatable bonds is 3. The highest BCUT2D eigenvalue weighted by Gasteiger charge is 2.43. The van der Waals surface area contributed by atoms with Crippen LogP contribution < -0.4 is 0 Å². The molecule has 134 valence electrons. The molecule has 0 radical (unpaired) electrons. The molecule has 2 unspecified atom stereocenters. The van der Waals surface area contributed by atoms with Crippen molar-refractivity contribution in [2.75, 3.05) is 25.5 Å². The van der Waals surface area contributed by atoms with Crippen molar-refractivity contribution in [3.05, 3.63) is 41.7 Å². The Kier molecular flexibility index (Phi) is 4.35. The van der Waals surface area contributed by atoms with Gasteiger partial charge >= 0.3 is 0 Å².